The number of pyridine rings is 2. The van der Waals surface area contributed by atoms with Crippen LogP contribution in [0.5, 0.6) is 0 Å². The lowest BCUT2D eigenvalue weighted by atomic mass is 9.99. The Hall–Kier alpha value is -6.14. The standard InChI is InChI=1S/C55H81N9O17/c1-38-12-17-56-43(33-38)44-34-40(13-18-57-44)51(70)60-35-42-36-64(63-62-42)45(52(71)61-41-10-8-39(9-11-41)14-21-79-53-50(69)49(68)48(67)46(37-65)80-53)7-5-6-16-58-47(66)15-20-73-23-25-75-27-29-77-31-32-78-30-28-76-26-24-74-22-19-59-54(72)81-55(2,3)4/h8-13,17-18,33-34,36,45-46,48-50,53,65,67-69H,5-7,14-16,19-32,35,37H2,1-4H3,(H,58,66)(H,59,72)(H,60,70)(H,61,71)/t45-,46+,48+,49-,50+,53+/m0/s1. The number of aromatic nitrogens is 5. The largest absolute Gasteiger partial charge is 0.444 e. The van der Waals surface area contributed by atoms with Gasteiger partial charge >= 0.3 is 6.09 Å². The van der Waals surface area contributed by atoms with Crippen molar-refractivity contribution >= 4 is 29.5 Å². The van der Waals surface area contributed by atoms with Gasteiger partial charge in [0.2, 0.25) is 11.8 Å². The molecule has 5 rings (SSSR count). The minimum atomic E-state index is -1.55. The normalized spacial score (nSPS) is 17.6. The Kier molecular flexibility index (Phi) is 29.5. The van der Waals surface area contributed by atoms with Gasteiger partial charge in [-0.25, -0.2) is 9.48 Å². The van der Waals surface area contributed by atoms with Gasteiger partial charge in [0.05, 0.1) is 117 Å². The molecule has 4 heterocycles. The minimum Gasteiger partial charge on any atom is -0.444 e. The molecule has 0 saturated carbocycles. The molecule has 81 heavy (non-hydrogen) atoms. The van der Waals surface area contributed by atoms with Crippen LogP contribution in [0, 0.1) is 6.92 Å². The van der Waals surface area contributed by atoms with E-state index in [4.69, 9.17) is 42.6 Å². The highest BCUT2D eigenvalue weighted by Gasteiger charge is 2.44. The third kappa shape index (κ3) is 25.3. The summed E-state index contributed by atoms with van der Waals surface area (Å²) in [5.74, 6) is -0.903. The summed E-state index contributed by atoms with van der Waals surface area (Å²) >= 11 is 0. The van der Waals surface area contributed by atoms with Crippen molar-refractivity contribution in [1.82, 2.24) is 40.9 Å². The lowest BCUT2D eigenvalue weighted by Crippen LogP contribution is -2.59. The van der Waals surface area contributed by atoms with Gasteiger partial charge in [0.1, 0.15) is 41.8 Å². The van der Waals surface area contributed by atoms with Crippen molar-refractivity contribution in [3.05, 3.63) is 89.5 Å². The van der Waals surface area contributed by atoms with Crippen LogP contribution in [0.3, 0.4) is 0 Å². The van der Waals surface area contributed by atoms with E-state index in [1.54, 1.807) is 75.8 Å². The van der Waals surface area contributed by atoms with Gasteiger partial charge in [-0.05, 0) is 101 Å². The van der Waals surface area contributed by atoms with Gasteiger partial charge in [-0.15, -0.1) is 5.10 Å². The molecule has 1 aliphatic heterocycles. The fourth-order valence-electron chi connectivity index (χ4n) is 7.75. The van der Waals surface area contributed by atoms with Gasteiger partial charge in [0.15, 0.2) is 6.29 Å². The molecule has 0 radical (unpaired) electrons. The number of amides is 4. The molecule has 0 unspecified atom stereocenters. The number of alkyl carbamates (subject to hydrolysis) is 1. The van der Waals surface area contributed by atoms with E-state index in [-0.39, 0.29) is 43.9 Å². The van der Waals surface area contributed by atoms with E-state index in [1.807, 2.05) is 19.1 Å². The molecule has 4 amide bonds. The molecule has 0 bridgehead atoms. The van der Waals surface area contributed by atoms with Crippen molar-refractivity contribution in [1.29, 1.82) is 0 Å². The quantitative estimate of drug-likeness (QED) is 0.0297. The number of aryl methyl sites for hydroxylation is 1. The number of rotatable bonds is 38. The van der Waals surface area contributed by atoms with Crippen LogP contribution in [0.1, 0.15) is 79.7 Å². The highest BCUT2D eigenvalue weighted by molar-refractivity contribution is 5.95. The number of aliphatic hydroxyl groups excluding tert-OH is 4. The molecular formula is C55H81N9O17. The summed E-state index contributed by atoms with van der Waals surface area (Å²) in [5, 5.41) is 59.7. The number of ether oxygens (including phenoxy) is 9. The number of hydrogen-bond acceptors (Lipinski definition) is 21. The highest BCUT2D eigenvalue weighted by Crippen LogP contribution is 2.23. The first-order valence-corrected chi connectivity index (χ1v) is 27.2. The topological polar surface area (TPSA) is 337 Å². The zero-order chi connectivity index (χ0) is 58.2. The maximum atomic E-state index is 13.9. The monoisotopic (exact) mass is 1140 g/mol. The van der Waals surface area contributed by atoms with Gasteiger partial charge in [-0.3, -0.25) is 24.4 Å². The van der Waals surface area contributed by atoms with Crippen molar-refractivity contribution < 1.29 is 82.2 Å². The second-order valence-electron chi connectivity index (χ2n) is 19.7. The molecule has 26 heteroatoms. The summed E-state index contributed by atoms with van der Waals surface area (Å²) in [6.45, 7) is 12.1. The Bertz CT molecular complexity index is 2460. The molecule has 4 aromatic rings. The minimum absolute atomic E-state index is 0.0307. The maximum Gasteiger partial charge on any atom is 0.407 e. The Morgan fingerprint density at radius 2 is 1.32 bits per heavy atom. The Balaban J connectivity index is 0.959. The SMILES string of the molecule is Cc1ccnc(-c2cc(C(=O)NCc3cn([C@@H](CCCCNC(=O)CCOCCOCCOCCOCCOCCOCCNC(=O)OC(C)(C)C)C(=O)Nc4ccc(CCO[C@@H]5O[C@H](CO)[C@@H](O)[C@H](O)[C@H]5O)cc4)nn3)ccn2)c1. The summed E-state index contributed by atoms with van der Waals surface area (Å²) < 4.78 is 50.6. The predicted molar refractivity (Wildman–Crippen MR) is 292 cm³/mol. The van der Waals surface area contributed by atoms with Crippen molar-refractivity contribution in [2.45, 2.75) is 109 Å². The highest BCUT2D eigenvalue weighted by atomic mass is 16.7. The zero-order valence-electron chi connectivity index (χ0n) is 46.7. The van der Waals surface area contributed by atoms with E-state index in [0.717, 1.165) is 11.1 Å². The second kappa shape index (κ2) is 36.3. The Morgan fingerprint density at radius 1 is 0.704 bits per heavy atom. The summed E-state index contributed by atoms with van der Waals surface area (Å²) in [6.07, 6.45) is -0.546. The maximum absolute atomic E-state index is 13.9. The molecule has 1 aliphatic rings. The number of carbonyl (C=O) groups is 4. The third-order valence-corrected chi connectivity index (χ3v) is 12.0. The first kappa shape index (κ1) is 65.7. The van der Waals surface area contributed by atoms with Crippen LogP contribution in [0.2, 0.25) is 0 Å². The average Bonchev–Trinajstić information content (AvgIpc) is 3.92. The number of nitrogens with one attached hydrogen (secondary N) is 4. The Labute approximate surface area is 471 Å². The zero-order valence-corrected chi connectivity index (χ0v) is 46.7. The van der Waals surface area contributed by atoms with Crippen molar-refractivity contribution in [3.63, 3.8) is 0 Å². The van der Waals surface area contributed by atoms with Crippen molar-refractivity contribution in [3.8, 4) is 11.4 Å². The fourth-order valence-corrected chi connectivity index (χ4v) is 7.75. The summed E-state index contributed by atoms with van der Waals surface area (Å²) in [6, 6.07) is 13.2. The van der Waals surface area contributed by atoms with Gasteiger partial charge in [0, 0.05) is 43.2 Å². The van der Waals surface area contributed by atoms with Crippen LogP contribution in [-0.4, -0.2) is 211 Å². The lowest BCUT2D eigenvalue weighted by molar-refractivity contribution is -0.300. The van der Waals surface area contributed by atoms with Crippen LogP contribution >= 0.6 is 0 Å². The molecule has 1 fully saturated rings. The van der Waals surface area contributed by atoms with Crippen LogP contribution in [-0.2, 0) is 65.2 Å². The second-order valence-corrected chi connectivity index (χ2v) is 19.7. The summed E-state index contributed by atoms with van der Waals surface area (Å²) in [4.78, 5) is 60.1. The first-order chi connectivity index (χ1) is 39.1. The van der Waals surface area contributed by atoms with E-state index >= 15 is 0 Å². The van der Waals surface area contributed by atoms with Crippen LogP contribution in [0.15, 0.2) is 67.1 Å². The number of aliphatic hydroxyl groups is 4. The van der Waals surface area contributed by atoms with E-state index in [1.165, 1.54) is 4.68 Å². The predicted octanol–water partition coefficient (Wildman–Crippen LogP) is 1.81. The molecular weight excluding hydrogens is 1060 g/mol. The van der Waals surface area contributed by atoms with E-state index in [9.17, 15) is 39.6 Å². The molecule has 3 aromatic heterocycles. The summed E-state index contributed by atoms with van der Waals surface area (Å²) in [7, 11) is 0. The molecule has 8 N–H and O–H groups in total. The summed E-state index contributed by atoms with van der Waals surface area (Å²) in [5.41, 5.74) is 3.79. The average molecular weight is 1140 g/mol. The third-order valence-electron chi connectivity index (χ3n) is 12.0. The van der Waals surface area contributed by atoms with Gasteiger partial charge in [0.25, 0.3) is 5.91 Å². The van der Waals surface area contributed by atoms with Gasteiger partial charge in [-0.2, -0.15) is 0 Å². The molecule has 1 saturated heterocycles. The number of hydrogen-bond donors (Lipinski definition) is 8. The molecule has 1 aromatic carbocycles. The number of anilines is 1. The lowest BCUT2D eigenvalue weighted by Gasteiger charge is -2.39. The molecule has 0 spiro atoms. The number of carbonyl (C=O) groups excluding carboxylic acids is 4. The van der Waals surface area contributed by atoms with Crippen molar-refractivity contribution in [2.24, 2.45) is 0 Å². The van der Waals surface area contributed by atoms with Gasteiger partial charge in [-0.1, -0.05) is 17.3 Å². The number of unbranched alkanes of at least 4 members (excludes halogenated alkanes) is 1. The first-order valence-electron chi connectivity index (χ1n) is 27.2. The van der Waals surface area contributed by atoms with E-state index in [0.29, 0.717) is 140 Å². The number of benzene rings is 1. The van der Waals surface area contributed by atoms with Crippen molar-refractivity contribution in [2.75, 3.05) is 111 Å². The molecule has 448 valence electrons. The van der Waals surface area contributed by atoms with E-state index in [2.05, 4.69) is 41.5 Å². The molecule has 0 aliphatic carbocycles. The smallest absolute Gasteiger partial charge is 0.407 e. The van der Waals surface area contributed by atoms with Gasteiger partial charge < -0.3 is 84.3 Å². The van der Waals surface area contributed by atoms with Crippen LogP contribution < -0.4 is 21.3 Å². The van der Waals surface area contributed by atoms with E-state index < -0.39 is 55.0 Å². The molecule has 6 atom stereocenters. The Morgan fingerprint density at radius 3 is 1.95 bits per heavy atom. The number of nitrogens with zero attached hydrogens (tertiary/aromatic N) is 5. The van der Waals surface area contributed by atoms with Crippen LogP contribution in [0.25, 0.3) is 11.4 Å². The fraction of sp³-hybridized carbons (Fsp3) is 0.600. The molecule has 26 nitrogen and oxygen atoms in total. The van der Waals surface area contributed by atoms with Crippen LogP contribution in [0.4, 0.5) is 10.5 Å².